The zero-order valence-corrected chi connectivity index (χ0v) is 10.8. The van der Waals surface area contributed by atoms with Gasteiger partial charge in [0.15, 0.2) is 0 Å². The van der Waals surface area contributed by atoms with Crippen LogP contribution in [-0.4, -0.2) is 16.8 Å². The maximum absolute atomic E-state index is 12.0. The Morgan fingerprint density at radius 1 is 1.24 bits per heavy atom. The van der Waals surface area contributed by atoms with E-state index in [0.29, 0.717) is 16.6 Å². The molecule has 1 aromatic rings. The Morgan fingerprint density at radius 3 is 2.41 bits per heavy atom. The fourth-order valence-corrected chi connectivity index (χ4v) is 2.44. The quantitative estimate of drug-likeness (QED) is 0.657. The van der Waals surface area contributed by atoms with Crippen LogP contribution in [0.1, 0.15) is 41.6 Å². The molecule has 0 bridgehead atoms. The maximum atomic E-state index is 12.0. The molecular formula is C14H17NOS. The Hall–Kier alpha value is -1.22. The molecule has 1 aliphatic carbocycles. The number of ketones is 1. The fraction of sp³-hybridized carbons (Fsp3) is 0.429. The Balaban J connectivity index is 1.99. The molecule has 0 atom stereocenters. The number of thiocarbonyl (C=S) groups is 1. The van der Waals surface area contributed by atoms with Crippen molar-refractivity contribution in [1.29, 1.82) is 0 Å². The highest BCUT2D eigenvalue weighted by molar-refractivity contribution is 7.82. The molecule has 0 aliphatic heterocycles. The van der Waals surface area contributed by atoms with Gasteiger partial charge in [0.25, 0.3) is 0 Å². The molecule has 1 saturated carbocycles. The van der Waals surface area contributed by atoms with Crippen LogP contribution in [0, 0.1) is 6.92 Å². The largest absolute Gasteiger partial charge is 0.370 e. The first kappa shape index (κ1) is 12.2. The summed E-state index contributed by atoms with van der Waals surface area (Å²) in [7, 11) is 0. The Bertz CT molecular complexity index is 418. The van der Waals surface area contributed by atoms with Gasteiger partial charge >= 0.3 is 0 Å². The lowest BCUT2D eigenvalue weighted by Crippen LogP contribution is -2.36. The minimum atomic E-state index is -0.0631. The lowest BCUT2D eigenvalue weighted by Gasteiger charge is -2.13. The average Bonchev–Trinajstić information content (AvgIpc) is 2.82. The van der Waals surface area contributed by atoms with Gasteiger partial charge in [-0.3, -0.25) is 4.79 Å². The van der Waals surface area contributed by atoms with Crippen molar-refractivity contribution in [3.05, 3.63) is 35.4 Å². The van der Waals surface area contributed by atoms with Gasteiger partial charge in [-0.05, 0) is 19.8 Å². The average molecular weight is 247 g/mol. The van der Waals surface area contributed by atoms with E-state index < -0.39 is 0 Å². The predicted molar refractivity (Wildman–Crippen MR) is 73.5 cm³/mol. The highest BCUT2D eigenvalue weighted by Crippen LogP contribution is 2.18. The van der Waals surface area contributed by atoms with Gasteiger partial charge in [0.1, 0.15) is 4.99 Å². The zero-order valence-electron chi connectivity index (χ0n) is 10.0. The standard InChI is InChI=1S/C14H17NOS/c1-10-6-8-11(9-7-10)13(16)14(17)15-12-4-2-3-5-12/h6-9,12H,2-5H2,1H3,(H,15,17). The SMILES string of the molecule is Cc1ccc(C(=O)C(=S)NC2CCCC2)cc1. The van der Waals surface area contributed by atoms with Gasteiger partial charge in [0, 0.05) is 11.6 Å². The Labute approximate surface area is 107 Å². The number of hydrogen-bond acceptors (Lipinski definition) is 2. The summed E-state index contributed by atoms with van der Waals surface area (Å²) in [4.78, 5) is 12.4. The summed E-state index contributed by atoms with van der Waals surface area (Å²) < 4.78 is 0. The van der Waals surface area contributed by atoms with E-state index in [2.05, 4.69) is 5.32 Å². The molecule has 1 fully saturated rings. The summed E-state index contributed by atoms with van der Waals surface area (Å²) in [6.45, 7) is 2.00. The molecule has 1 aromatic carbocycles. The van der Waals surface area contributed by atoms with Gasteiger partial charge in [-0.25, -0.2) is 0 Å². The molecule has 0 unspecified atom stereocenters. The molecule has 0 radical (unpaired) electrons. The van der Waals surface area contributed by atoms with E-state index in [-0.39, 0.29) is 5.78 Å². The third-order valence-electron chi connectivity index (χ3n) is 3.21. The van der Waals surface area contributed by atoms with Crippen LogP contribution in [0.5, 0.6) is 0 Å². The summed E-state index contributed by atoms with van der Waals surface area (Å²) in [5, 5.41) is 3.17. The summed E-state index contributed by atoms with van der Waals surface area (Å²) in [5.41, 5.74) is 1.82. The second-order valence-corrected chi connectivity index (χ2v) is 5.06. The van der Waals surface area contributed by atoms with Crippen molar-refractivity contribution in [3.63, 3.8) is 0 Å². The van der Waals surface area contributed by atoms with E-state index in [9.17, 15) is 4.79 Å². The molecule has 0 saturated heterocycles. The smallest absolute Gasteiger partial charge is 0.219 e. The zero-order chi connectivity index (χ0) is 12.3. The minimum Gasteiger partial charge on any atom is -0.370 e. The van der Waals surface area contributed by atoms with E-state index in [4.69, 9.17) is 12.2 Å². The van der Waals surface area contributed by atoms with Crippen LogP contribution in [0.4, 0.5) is 0 Å². The lowest BCUT2D eigenvalue weighted by atomic mass is 10.1. The van der Waals surface area contributed by atoms with Crippen LogP contribution < -0.4 is 5.32 Å². The van der Waals surface area contributed by atoms with Crippen LogP contribution in [-0.2, 0) is 0 Å². The highest BCUT2D eigenvalue weighted by atomic mass is 32.1. The van der Waals surface area contributed by atoms with Crippen molar-refractivity contribution in [3.8, 4) is 0 Å². The molecular weight excluding hydrogens is 230 g/mol. The van der Waals surface area contributed by atoms with Crippen LogP contribution in [0.2, 0.25) is 0 Å². The Kier molecular flexibility index (Phi) is 3.89. The third-order valence-corrected chi connectivity index (χ3v) is 3.51. The summed E-state index contributed by atoms with van der Waals surface area (Å²) >= 11 is 5.17. The molecule has 3 heteroatoms. The third kappa shape index (κ3) is 3.13. The molecule has 0 heterocycles. The molecule has 1 aliphatic rings. The second kappa shape index (κ2) is 5.41. The van der Waals surface area contributed by atoms with Crippen LogP contribution in [0.25, 0.3) is 0 Å². The molecule has 0 amide bonds. The van der Waals surface area contributed by atoms with Crippen molar-refractivity contribution in [1.82, 2.24) is 5.32 Å². The van der Waals surface area contributed by atoms with Crippen LogP contribution in [0.15, 0.2) is 24.3 Å². The first-order valence-corrected chi connectivity index (χ1v) is 6.49. The van der Waals surface area contributed by atoms with Gasteiger partial charge in [-0.15, -0.1) is 0 Å². The predicted octanol–water partition coefficient (Wildman–Crippen LogP) is 3.04. The van der Waals surface area contributed by atoms with Gasteiger partial charge in [0.2, 0.25) is 5.78 Å². The van der Waals surface area contributed by atoms with Gasteiger partial charge in [0.05, 0.1) is 0 Å². The van der Waals surface area contributed by atoms with E-state index in [1.165, 1.54) is 12.8 Å². The van der Waals surface area contributed by atoms with E-state index >= 15 is 0 Å². The molecule has 17 heavy (non-hydrogen) atoms. The highest BCUT2D eigenvalue weighted by Gasteiger charge is 2.19. The van der Waals surface area contributed by atoms with Crippen molar-refractivity contribution < 1.29 is 4.79 Å². The maximum Gasteiger partial charge on any atom is 0.219 e. The number of hydrogen-bond donors (Lipinski definition) is 1. The van der Waals surface area contributed by atoms with E-state index in [0.717, 1.165) is 18.4 Å². The summed E-state index contributed by atoms with van der Waals surface area (Å²) in [6.07, 6.45) is 4.72. The minimum absolute atomic E-state index is 0.0631. The van der Waals surface area contributed by atoms with Crippen LogP contribution in [0.3, 0.4) is 0 Å². The molecule has 0 aromatic heterocycles. The fourth-order valence-electron chi connectivity index (χ4n) is 2.16. The first-order valence-electron chi connectivity index (χ1n) is 6.08. The van der Waals surface area contributed by atoms with E-state index in [1.807, 2.05) is 31.2 Å². The molecule has 1 N–H and O–H groups in total. The lowest BCUT2D eigenvalue weighted by molar-refractivity contribution is 0.106. The number of carbonyl (C=O) groups excluding carboxylic acids is 1. The summed E-state index contributed by atoms with van der Waals surface area (Å²) in [6, 6.07) is 7.94. The van der Waals surface area contributed by atoms with Crippen molar-refractivity contribution >= 4 is 23.0 Å². The topological polar surface area (TPSA) is 29.1 Å². The number of rotatable bonds is 3. The number of nitrogens with one attached hydrogen (secondary N) is 1. The number of Topliss-reactive ketones (excluding diaryl/α,β-unsaturated/α-hetero) is 1. The number of benzene rings is 1. The Morgan fingerprint density at radius 2 is 1.82 bits per heavy atom. The molecule has 2 nitrogen and oxygen atoms in total. The normalized spacial score (nSPS) is 15.8. The van der Waals surface area contributed by atoms with E-state index in [1.54, 1.807) is 0 Å². The molecule has 2 rings (SSSR count). The van der Waals surface area contributed by atoms with Crippen molar-refractivity contribution in [2.75, 3.05) is 0 Å². The first-order chi connectivity index (χ1) is 8.16. The van der Waals surface area contributed by atoms with Gasteiger partial charge < -0.3 is 5.32 Å². The summed E-state index contributed by atoms with van der Waals surface area (Å²) in [5.74, 6) is -0.0631. The number of aryl methyl sites for hydroxylation is 1. The van der Waals surface area contributed by atoms with Crippen molar-refractivity contribution in [2.45, 2.75) is 38.6 Å². The molecule has 90 valence electrons. The second-order valence-electron chi connectivity index (χ2n) is 4.65. The van der Waals surface area contributed by atoms with Crippen LogP contribution >= 0.6 is 12.2 Å². The molecule has 0 spiro atoms. The number of carbonyl (C=O) groups is 1. The van der Waals surface area contributed by atoms with Crippen molar-refractivity contribution in [2.24, 2.45) is 0 Å². The van der Waals surface area contributed by atoms with Gasteiger partial charge in [-0.1, -0.05) is 54.9 Å². The van der Waals surface area contributed by atoms with Gasteiger partial charge in [-0.2, -0.15) is 0 Å². The monoisotopic (exact) mass is 247 g/mol.